The Bertz CT molecular complexity index is 1080. The highest BCUT2D eigenvalue weighted by Gasteiger charge is 2.38. The van der Waals surface area contributed by atoms with Gasteiger partial charge in [-0.15, -0.1) is 0 Å². The topological polar surface area (TPSA) is 141 Å². The number of piperidine rings is 1. The zero-order chi connectivity index (χ0) is 24.2. The van der Waals surface area contributed by atoms with Crippen molar-refractivity contribution >= 4 is 34.5 Å². The van der Waals surface area contributed by atoms with Gasteiger partial charge in [-0.1, -0.05) is 18.2 Å². The van der Waals surface area contributed by atoms with Crippen LogP contribution in [0.25, 0.3) is 10.9 Å². The maximum atomic E-state index is 13.3. The SMILES string of the molecule is CC(=O)N1CCN(C(=O)C2CCNCC2)C[C@@H]1C(=O)N[C@H](Cc1c[nH]c2ccccc12)C(N)=O. The van der Waals surface area contributed by atoms with Crippen molar-refractivity contribution in [1.82, 2.24) is 25.4 Å². The highest BCUT2D eigenvalue weighted by Crippen LogP contribution is 2.21. The van der Waals surface area contributed by atoms with Crippen LogP contribution in [0.3, 0.4) is 0 Å². The molecule has 4 amide bonds. The molecule has 2 aromatic rings. The van der Waals surface area contributed by atoms with Crippen molar-refractivity contribution in [3.05, 3.63) is 36.0 Å². The number of hydrogen-bond acceptors (Lipinski definition) is 5. The number of H-pyrrole nitrogens is 1. The summed E-state index contributed by atoms with van der Waals surface area (Å²) >= 11 is 0. The Hall–Kier alpha value is -3.40. The fourth-order valence-electron chi connectivity index (χ4n) is 4.92. The van der Waals surface area contributed by atoms with Gasteiger partial charge in [-0.2, -0.15) is 0 Å². The number of nitrogens with one attached hydrogen (secondary N) is 3. The molecule has 1 aromatic carbocycles. The first-order chi connectivity index (χ1) is 16.3. The summed E-state index contributed by atoms with van der Waals surface area (Å²) in [4.78, 5) is 57.1. The molecule has 2 aliphatic heterocycles. The first kappa shape index (κ1) is 23.7. The third kappa shape index (κ3) is 5.06. The molecule has 2 aliphatic rings. The Morgan fingerprint density at radius 1 is 1.15 bits per heavy atom. The van der Waals surface area contributed by atoms with Crippen LogP contribution < -0.4 is 16.4 Å². The van der Waals surface area contributed by atoms with Crippen LogP contribution in [0.5, 0.6) is 0 Å². The first-order valence-corrected chi connectivity index (χ1v) is 11.8. The second-order valence-corrected chi connectivity index (χ2v) is 9.06. The Balaban J connectivity index is 1.48. The van der Waals surface area contributed by atoms with Crippen LogP contribution in [-0.4, -0.2) is 83.2 Å². The molecule has 2 atom stereocenters. The van der Waals surface area contributed by atoms with E-state index in [0.29, 0.717) is 6.54 Å². The highest BCUT2D eigenvalue weighted by atomic mass is 16.2. The Labute approximate surface area is 198 Å². The zero-order valence-corrected chi connectivity index (χ0v) is 19.4. The minimum Gasteiger partial charge on any atom is -0.368 e. The van der Waals surface area contributed by atoms with Gasteiger partial charge in [0.15, 0.2) is 0 Å². The van der Waals surface area contributed by atoms with Crippen LogP contribution in [0, 0.1) is 5.92 Å². The second kappa shape index (κ2) is 10.3. The molecule has 34 heavy (non-hydrogen) atoms. The maximum absolute atomic E-state index is 13.3. The van der Waals surface area contributed by atoms with Crippen molar-refractivity contribution in [1.29, 1.82) is 0 Å². The van der Waals surface area contributed by atoms with Gasteiger partial charge in [0, 0.05) is 49.5 Å². The van der Waals surface area contributed by atoms with Crippen molar-refractivity contribution in [2.75, 3.05) is 32.7 Å². The third-order valence-electron chi connectivity index (χ3n) is 6.85. The number of carbonyl (C=O) groups is 4. The predicted molar refractivity (Wildman–Crippen MR) is 126 cm³/mol. The van der Waals surface area contributed by atoms with Gasteiger partial charge in [-0.05, 0) is 37.6 Å². The average molecular weight is 469 g/mol. The van der Waals surface area contributed by atoms with Crippen molar-refractivity contribution in [2.24, 2.45) is 11.7 Å². The van der Waals surface area contributed by atoms with Crippen molar-refractivity contribution in [3.63, 3.8) is 0 Å². The van der Waals surface area contributed by atoms with Gasteiger partial charge in [-0.25, -0.2) is 0 Å². The lowest BCUT2D eigenvalue weighted by Crippen LogP contribution is -2.63. The molecule has 182 valence electrons. The van der Waals surface area contributed by atoms with Crippen LogP contribution >= 0.6 is 0 Å². The Kier molecular flexibility index (Phi) is 7.16. The summed E-state index contributed by atoms with van der Waals surface area (Å²) < 4.78 is 0. The standard InChI is InChI=1S/C24H32N6O4/c1-15(31)30-11-10-29(24(34)16-6-8-26-9-7-16)14-21(30)23(33)28-20(22(25)32)12-17-13-27-19-5-3-2-4-18(17)19/h2-5,13,16,20-21,26-27H,6-12,14H2,1H3,(H2,25,32)(H,28,33)/t20-,21-/m1/s1. The van der Waals surface area contributed by atoms with Gasteiger partial charge in [-0.3, -0.25) is 19.2 Å². The number of fused-ring (bicyclic) bond motifs is 1. The monoisotopic (exact) mass is 468 g/mol. The molecule has 1 aromatic heterocycles. The zero-order valence-electron chi connectivity index (χ0n) is 19.4. The van der Waals surface area contributed by atoms with Gasteiger partial charge in [0.25, 0.3) is 0 Å². The summed E-state index contributed by atoms with van der Waals surface area (Å²) in [6.45, 7) is 3.76. The minimum absolute atomic E-state index is 0.0211. The second-order valence-electron chi connectivity index (χ2n) is 9.06. The molecule has 10 heteroatoms. The summed E-state index contributed by atoms with van der Waals surface area (Å²) in [6.07, 6.45) is 3.54. The number of aromatic nitrogens is 1. The van der Waals surface area contributed by atoms with E-state index >= 15 is 0 Å². The van der Waals surface area contributed by atoms with Crippen LogP contribution in [0.15, 0.2) is 30.5 Å². The molecule has 0 unspecified atom stereocenters. The lowest BCUT2D eigenvalue weighted by Gasteiger charge is -2.41. The number of carbonyl (C=O) groups excluding carboxylic acids is 4. The average Bonchev–Trinajstić information content (AvgIpc) is 3.26. The number of benzene rings is 1. The fraction of sp³-hybridized carbons (Fsp3) is 0.500. The smallest absolute Gasteiger partial charge is 0.245 e. The summed E-state index contributed by atoms with van der Waals surface area (Å²) in [6, 6.07) is 5.85. The van der Waals surface area contributed by atoms with Crippen molar-refractivity contribution in [3.8, 4) is 0 Å². The van der Waals surface area contributed by atoms with E-state index in [1.807, 2.05) is 24.3 Å². The molecule has 5 N–H and O–H groups in total. The van der Waals surface area contributed by atoms with Crippen LogP contribution in [0.4, 0.5) is 0 Å². The van der Waals surface area contributed by atoms with Crippen molar-refractivity contribution < 1.29 is 19.2 Å². The van der Waals surface area contributed by atoms with E-state index in [-0.39, 0.29) is 37.2 Å². The normalized spacial score (nSPS) is 20.2. The number of aromatic amines is 1. The lowest BCUT2D eigenvalue weighted by molar-refractivity contribution is -0.149. The van der Waals surface area contributed by atoms with Crippen molar-refractivity contribution in [2.45, 2.75) is 38.3 Å². The van der Waals surface area contributed by atoms with E-state index < -0.39 is 23.9 Å². The van der Waals surface area contributed by atoms with Crippen LogP contribution in [0.1, 0.15) is 25.3 Å². The number of para-hydroxylation sites is 1. The molecule has 0 saturated carbocycles. The Morgan fingerprint density at radius 2 is 1.88 bits per heavy atom. The number of primary amides is 1. The molecule has 0 aliphatic carbocycles. The van der Waals surface area contributed by atoms with E-state index in [1.54, 1.807) is 11.1 Å². The number of nitrogens with zero attached hydrogens (tertiary/aromatic N) is 2. The van der Waals surface area contributed by atoms with Gasteiger partial charge in [0.05, 0.1) is 6.54 Å². The molecule has 3 heterocycles. The number of nitrogens with two attached hydrogens (primary N) is 1. The van der Waals surface area contributed by atoms with Gasteiger partial charge in [0.1, 0.15) is 12.1 Å². The van der Waals surface area contributed by atoms with Gasteiger partial charge in [0.2, 0.25) is 23.6 Å². The van der Waals surface area contributed by atoms with E-state index in [2.05, 4.69) is 15.6 Å². The number of rotatable bonds is 6. The first-order valence-electron chi connectivity index (χ1n) is 11.8. The summed E-state index contributed by atoms with van der Waals surface area (Å²) in [7, 11) is 0. The quantitative estimate of drug-likeness (QED) is 0.462. The summed E-state index contributed by atoms with van der Waals surface area (Å²) in [5.41, 5.74) is 7.41. The summed E-state index contributed by atoms with van der Waals surface area (Å²) in [5.74, 6) is -1.45. The number of amides is 4. The highest BCUT2D eigenvalue weighted by molar-refractivity contribution is 5.93. The lowest BCUT2D eigenvalue weighted by atomic mass is 9.95. The van der Waals surface area contributed by atoms with E-state index in [0.717, 1.165) is 42.4 Å². The molecule has 0 spiro atoms. The van der Waals surface area contributed by atoms with Gasteiger partial charge < -0.3 is 31.2 Å². The molecule has 0 bridgehead atoms. The van der Waals surface area contributed by atoms with E-state index in [1.165, 1.54) is 11.8 Å². The largest absolute Gasteiger partial charge is 0.368 e. The molecular formula is C24H32N6O4. The molecule has 2 saturated heterocycles. The maximum Gasteiger partial charge on any atom is 0.245 e. The minimum atomic E-state index is -0.948. The van der Waals surface area contributed by atoms with E-state index in [4.69, 9.17) is 5.73 Å². The number of piperazine rings is 1. The molecule has 0 radical (unpaired) electrons. The fourth-order valence-corrected chi connectivity index (χ4v) is 4.92. The van der Waals surface area contributed by atoms with Crippen LogP contribution in [0.2, 0.25) is 0 Å². The molecule has 10 nitrogen and oxygen atoms in total. The predicted octanol–water partition coefficient (Wildman–Crippen LogP) is -0.261. The number of hydrogen-bond donors (Lipinski definition) is 4. The summed E-state index contributed by atoms with van der Waals surface area (Å²) in [5, 5.41) is 6.94. The molecular weight excluding hydrogens is 436 g/mol. The molecule has 2 fully saturated rings. The van der Waals surface area contributed by atoms with Gasteiger partial charge >= 0.3 is 0 Å². The third-order valence-corrected chi connectivity index (χ3v) is 6.85. The molecule has 4 rings (SSSR count). The van der Waals surface area contributed by atoms with Crippen LogP contribution in [-0.2, 0) is 25.6 Å². The Morgan fingerprint density at radius 3 is 2.59 bits per heavy atom. The van der Waals surface area contributed by atoms with E-state index in [9.17, 15) is 19.2 Å².